The van der Waals surface area contributed by atoms with Gasteiger partial charge < -0.3 is 16.4 Å². The van der Waals surface area contributed by atoms with Gasteiger partial charge in [-0.2, -0.15) is 0 Å². The predicted molar refractivity (Wildman–Crippen MR) is 81.0 cm³/mol. The number of carbonyl (C=O) groups excluding carboxylic acids is 2. The van der Waals surface area contributed by atoms with E-state index in [0.29, 0.717) is 19.4 Å². The highest BCUT2D eigenvalue weighted by molar-refractivity contribution is 5.91. The molecular weight excluding hydrogens is 278 g/mol. The highest BCUT2D eigenvalue weighted by Gasteiger charge is 2.23. The largest absolute Gasteiger partial charge is 0.355 e. The van der Waals surface area contributed by atoms with E-state index in [9.17, 15) is 9.59 Å². The molecule has 0 aromatic heterocycles. The zero-order chi connectivity index (χ0) is 13.8. The molecule has 1 fully saturated rings. The molecule has 20 heavy (non-hydrogen) atoms. The molecule has 2 amide bonds. The van der Waals surface area contributed by atoms with E-state index in [1.807, 2.05) is 24.3 Å². The first kappa shape index (κ1) is 16.5. The van der Waals surface area contributed by atoms with Crippen molar-refractivity contribution in [2.75, 3.05) is 11.9 Å². The summed E-state index contributed by atoms with van der Waals surface area (Å²) in [7, 11) is 0. The van der Waals surface area contributed by atoms with Crippen LogP contribution in [0.25, 0.3) is 0 Å². The quantitative estimate of drug-likeness (QED) is 0.785. The lowest BCUT2D eigenvalue weighted by Crippen LogP contribution is -2.24. The Balaban J connectivity index is 0.00000200. The second-order valence-corrected chi connectivity index (χ2v) is 5.06. The van der Waals surface area contributed by atoms with Gasteiger partial charge in [0.15, 0.2) is 0 Å². The number of amides is 2. The fraction of sp³-hybridized carbons (Fsp3) is 0.429. The van der Waals surface area contributed by atoms with Crippen LogP contribution in [0.1, 0.15) is 31.2 Å². The Bertz CT molecular complexity index is 491. The monoisotopic (exact) mass is 297 g/mol. The Kier molecular flexibility index (Phi) is 5.98. The minimum absolute atomic E-state index is 0. The van der Waals surface area contributed by atoms with Gasteiger partial charge in [-0.15, -0.1) is 12.4 Å². The molecular formula is C14H20ClN3O2. The second-order valence-electron chi connectivity index (χ2n) is 5.06. The third-order valence-electron chi connectivity index (χ3n) is 3.13. The fourth-order valence-electron chi connectivity index (χ4n) is 2.22. The van der Waals surface area contributed by atoms with Crippen molar-refractivity contribution in [1.29, 1.82) is 0 Å². The van der Waals surface area contributed by atoms with Gasteiger partial charge in [0.1, 0.15) is 0 Å². The molecule has 2 atom stereocenters. The SMILES string of the molecule is CC(N)CC(=O)Nc1cccc(C2CNC(=O)C2)c1.Cl. The predicted octanol–water partition coefficient (Wildman–Crippen LogP) is 1.39. The second kappa shape index (κ2) is 7.26. The number of rotatable bonds is 4. The number of anilines is 1. The smallest absolute Gasteiger partial charge is 0.225 e. The average Bonchev–Trinajstić information content (AvgIpc) is 2.75. The normalized spacial score (nSPS) is 18.9. The van der Waals surface area contributed by atoms with E-state index in [2.05, 4.69) is 10.6 Å². The maximum atomic E-state index is 11.6. The number of benzene rings is 1. The summed E-state index contributed by atoms with van der Waals surface area (Å²) < 4.78 is 0. The van der Waals surface area contributed by atoms with Crippen LogP contribution in [0, 0.1) is 0 Å². The number of nitrogens with two attached hydrogens (primary N) is 1. The molecule has 1 heterocycles. The van der Waals surface area contributed by atoms with Gasteiger partial charge in [-0.25, -0.2) is 0 Å². The van der Waals surface area contributed by atoms with Gasteiger partial charge in [0.2, 0.25) is 11.8 Å². The molecule has 0 bridgehead atoms. The molecule has 1 aliphatic rings. The van der Waals surface area contributed by atoms with E-state index in [4.69, 9.17) is 5.73 Å². The molecule has 0 saturated carbocycles. The molecule has 1 aromatic rings. The molecule has 4 N–H and O–H groups in total. The number of carbonyl (C=O) groups is 2. The molecule has 2 rings (SSSR count). The van der Waals surface area contributed by atoms with Gasteiger partial charge in [-0.05, 0) is 24.6 Å². The molecule has 6 heteroatoms. The highest BCUT2D eigenvalue weighted by atomic mass is 35.5. The Labute approximate surface area is 124 Å². The van der Waals surface area contributed by atoms with Crippen molar-refractivity contribution >= 4 is 29.9 Å². The Hall–Kier alpha value is -1.59. The summed E-state index contributed by atoms with van der Waals surface area (Å²) in [5, 5.41) is 5.64. The molecule has 1 aliphatic heterocycles. The zero-order valence-electron chi connectivity index (χ0n) is 11.4. The summed E-state index contributed by atoms with van der Waals surface area (Å²) in [6, 6.07) is 7.47. The summed E-state index contributed by atoms with van der Waals surface area (Å²) in [4.78, 5) is 22.9. The van der Waals surface area contributed by atoms with Crippen LogP contribution in [0.5, 0.6) is 0 Å². The van der Waals surface area contributed by atoms with E-state index in [1.165, 1.54) is 0 Å². The molecule has 5 nitrogen and oxygen atoms in total. The number of hydrogen-bond acceptors (Lipinski definition) is 3. The van der Waals surface area contributed by atoms with Crippen LogP contribution in [0.15, 0.2) is 24.3 Å². The number of nitrogens with one attached hydrogen (secondary N) is 2. The van der Waals surface area contributed by atoms with Gasteiger partial charge in [-0.1, -0.05) is 12.1 Å². The minimum Gasteiger partial charge on any atom is -0.355 e. The standard InChI is InChI=1S/C14H19N3O2.ClH/c1-9(15)5-14(19)17-12-4-2-3-10(6-12)11-7-13(18)16-8-11;/h2-4,6,9,11H,5,7-8,15H2,1H3,(H,16,18)(H,17,19);1H. The van der Waals surface area contributed by atoms with Crippen LogP contribution in [-0.4, -0.2) is 24.4 Å². The molecule has 0 spiro atoms. The Morgan fingerprint density at radius 3 is 2.90 bits per heavy atom. The van der Waals surface area contributed by atoms with Crippen LogP contribution in [-0.2, 0) is 9.59 Å². The van der Waals surface area contributed by atoms with Crippen LogP contribution in [0.3, 0.4) is 0 Å². The van der Waals surface area contributed by atoms with Crippen molar-refractivity contribution in [3.8, 4) is 0 Å². The fourth-order valence-corrected chi connectivity index (χ4v) is 2.22. The van der Waals surface area contributed by atoms with Gasteiger partial charge in [0.25, 0.3) is 0 Å². The third kappa shape index (κ3) is 4.51. The van der Waals surface area contributed by atoms with Crippen LogP contribution in [0.2, 0.25) is 0 Å². The highest BCUT2D eigenvalue weighted by Crippen LogP contribution is 2.25. The number of hydrogen-bond donors (Lipinski definition) is 3. The summed E-state index contributed by atoms with van der Waals surface area (Å²) in [6.07, 6.45) is 0.810. The molecule has 2 unspecified atom stereocenters. The van der Waals surface area contributed by atoms with E-state index >= 15 is 0 Å². The summed E-state index contributed by atoms with van der Waals surface area (Å²) in [6.45, 7) is 2.46. The van der Waals surface area contributed by atoms with E-state index in [-0.39, 0.29) is 36.2 Å². The molecule has 110 valence electrons. The van der Waals surface area contributed by atoms with Crippen molar-refractivity contribution in [2.24, 2.45) is 5.73 Å². The Morgan fingerprint density at radius 1 is 1.55 bits per heavy atom. The first-order valence-electron chi connectivity index (χ1n) is 6.46. The summed E-state index contributed by atoms with van der Waals surface area (Å²) in [5.74, 6) is 0.182. The van der Waals surface area contributed by atoms with E-state index < -0.39 is 0 Å². The maximum absolute atomic E-state index is 11.6. The lowest BCUT2D eigenvalue weighted by molar-refractivity contribution is -0.119. The first-order chi connectivity index (χ1) is 9.04. The molecule has 0 aliphatic carbocycles. The van der Waals surface area contributed by atoms with Crippen molar-refractivity contribution in [2.45, 2.75) is 31.7 Å². The molecule has 0 radical (unpaired) electrons. The van der Waals surface area contributed by atoms with Gasteiger partial charge in [-0.3, -0.25) is 9.59 Å². The lowest BCUT2D eigenvalue weighted by Gasteiger charge is -2.11. The van der Waals surface area contributed by atoms with Crippen LogP contribution < -0.4 is 16.4 Å². The first-order valence-corrected chi connectivity index (χ1v) is 6.46. The minimum atomic E-state index is -0.153. The van der Waals surface area contributed by atoms with Crippen molar-refractivity contribution < 1.29 is 9.59 Å². The Morgan fingerprint density at radius 2 is 2.30 bits per heavy atom. The van der Waals surface area contributed by atoms with Gasteiger partial charge in [0, 0.05) is 37.0 Å². The molecule has 1 aromatic carbocycles. The van der Waals surface area contributed by atoms with E-state index in [1.54, 1.807) is 6.92 Å². The lowest BCUT2D eigenvalue weighted by atomic mass is 9.98. The number of halogens is 1. The van der Waals surface area contributed by atoms with E-state index in [0.717, 1.165) is 11.3 Å². The van der Waals surface area contributed by atoms with Crippen molar-refractivity contribution in [3.63, 3.8) is 0 Å². The maximum Gasteiger partial charge on any atom is 0.225 e. The van der Waals surface area contributed by atoms with Gasteiger partial charge in [0.05, 0.1) is 0 Å². The average molecular weight is 298 g/mol. The molecule has 1 saturated heterocycles. The summed E-state index contributed by atoms with van der Waals surface area (Å²) in [5.41, 5.74) is 7.40. The van der Waals surface area contributed by atoms with Crippen molar-refractivity contribution in [3.05, 3.63) is 29.8 Å². The summed E-state index contributed by atoms with van der Waals surface area (Å²) >= 11 is 0. The third-order valence-corrected chi connectivity index (χ3v) is 3.13. The van der Waals surface area contributed by atoms with Crippen molar-refractivity contribution in [1.82, 2.24) is 5.32 Å². The zero-order valence-corrected chi connectivity index (χ0v) is 12.2. The van der Waals surface area contributed by atoms with Crippen LogP contribution >= 0.6 is 12.4 Å². The van der Waals surface area contributed by atoms with Crippen LogP contribution in [0.4, 0.5) is 5.69 Å². The van der Waals surface area contributed by atoms with Gasteiger partial charge >= 0.3 is 0 Å². The topological polar surface area (TPSA) is 84.2 Å².